The summed E-state index contributed by atoms with van der Waals surface area (Å²) in [6.07, 6.45) is 5.26. The van der Waals surface area contributed by atoms with Crippen LogP contribution < -0.4 is 5.73 Å². The molecule has 0 radical (unpaired) electrons. The first kappa shape index (κ1) is 13.8. The second-order valence-corrected chi connectivity index (χ2v) is 5.14. The van der Waals surface area contributed by atoms with Gasteiger partial charge in [-0.25, -0.2) is 4.39 Å². The summed E-state index contributed by atoms with van der Waals surface area (Å²) >= 11 is 0. The number of nitrogens with two attached hydrogens (primary N) is 1. The third-order valence-corrected chi connectivity index (χ3v) is 3.79. The van der Waals surface area contributed by atoms with E-state index in [2.05, 4.69) is 6.92 Å². The quantitative estimate of drug-likeness (QED) is 0.852. The topological polar surface area (TPSA) is 46.3 Å². The van der Waals surface area contributed by atoms with E-state index in [4.69, 9.17) is 5.73 Å². The van der Waals surface area contributed by atoms with E-state index >= 15 is 0 Å². The summed E-state index contributed by atoms with van der Waals surface area (Å²) in [7, 11) is 0. The Morgan fingerprint density at radius 3 is 3.00 bits per heavy atom. The fraction of sp³-hybridized carbons (Fsp3) is 0.533. The molecule has 1 atom stereocenters. The van der Waals surface area contributed by atoms with Crippen LogP contribution in [0.25, 0.3) is 0 Å². The van der Waals surface area contributed by atoms with Crippen LogP contribution in [-0.2, 0) is 0 Å². The van der Waals surface area contributed by atoms with Gasteiger partial charge in [0.05, 0.1) is 11.3 Å². The van der Waals surface area contributed by atoms with Gasteiger partial charge in [0.15, 0.2) is 0 Å². The highest BCUT2D eigenvalue weighted by atomic mass is 19.1. The predicted octanol–water partition coefficient (Wildman–Crippen LogP) is 3.20. The molecule has 19 heavy (non-hydrogen) atoms. The smallest absolute Gasteiger partial charge is 0.256 e. The summed E-state index contributed by atoms with van der Waals surface area (Å²) in [6, 6.07) is 4.70. The Labute approximate surface area is 113 Å². The van der Waals surface area contributed by atoms with E-state index in [9.17, 15) is 9.18 Å². The van der Waals surface area contributed by atoms with Crippen molar-refractivity contribution in [3.8, 4) is 0 Å². The summed E-state index contributed by atoms with van der Waals surface area (Å²) in [6.45, 7) is 2.87. The molecule has 1 fully saturated rings. The summed E-state index contributed by atoms with van der Waals surface area (Å²) < 4.78 is 13.5. The van der Waals surface area contributed by atoms with Crippen molar-refractivity contribution in [2.75, 3.05) is 12.3 Å². The van der Waals surface area contributed by atoms with Crippen molar-refractivity contribution >= 4 is 11.6 Å². The fourth-order valence-corrected chi connectivity index (χ4v) is 2.78. The molecule has 3 nitrogen and oxygen atoms in total. The van der Waals surface area contributed by atoms with Crippen LogP contribution in [0.2, 0.25) is 0 Å². The monoisotopic (exact) mass is 264 g/mol. The highest BCUT2D eigenvalue weighted by Gasteiger charge is 2.28. The molecule has 1 unspecified atom stereocenters. The summed E-state index contributed by atoms with van der Waals surface area (Å²) in [5, 5.41) is 0. The average molecular weight is 264 g/mol. The summed E-state index contributed by atoms with van der Waals surface area (Å²) in [5.74, 6) is -0.648. The van der Waals surface area contributed by atoms with Crippen molar-refractivity contribution in [3.63, 3.8) is 0 Å². The highest BCUT2D eigenvalue weighted by molar-refractivity contribution is 5.99. The molecular formula is C15H21FN2O. The summed E-state index contributed by atoms with van der Waals surface area (Å²) in [5.41, 5.74) is 5.95. The van der Waals surface area contributed by atoms with Gasteiger partial charge in [-0.15, -0.1) is 0 Å². The first-order chi connectivity index (χ1) is 9.15. The lowest BCUT2D eigenvalue weighted by Gasteiger charge is -2.36. The molecule has 0 bridgehead atoms. The maximum Gasteiger partial charge on any atom is 0.256 e. The normalized spacial score (nSPS) is 19.5. The van der Waals surface area contributed by atoms with Crippen LogP contribution in [0.15, 0.2) is 18.2 Å². The molecule has 1 saturated heterocycles. The van der Waals surface area contributed by atoms with Crippen LogP contribution in [0.4, 0.5) is 10.1 Å². The van der Waals surface area contributed by atoms with Gasteiger partial charge in [0.25, 0.3) is 5.91 Å². The molecule has 0 saturated carbocycles. The SMILES string of the molecule is CCCC1CCCCN1C(=O)c1cccc(F)c1N. The Morgan fingerprint density at radius 2 is 2.26 bits per heavy atom. The number of amides is 1. The van der Waals surface area contributed by atoms with Crippen molar-refractivity contribution in [3.05, 3.63) is 29.6 Å². The highest BCUT2D eigenvalue weighted by Crippen LogP contribution is 2.25. The van der Waals surface area contributed by atoms with E-state index in [1.165, 1.54) is 12.1 Å². The zero-order valence-electron chi connectivity index (χ0n) is 11.4. The van der Waals surface area contributed by atoms with Crippen LogP contribution in [-0.4, -0.2) is 23.4 Å². The molecule has 1 aromatic carbocycles. The third kappa shape index (κ3) is 2.88. The van der Waals surface area contributed by atoms with Gasteiger partial charge >= 0.3 is 0 Å². The van der Waals surface area contributed by atoms with Crippen LogP contribution in [0.3, 0.4) is 0 Å². The standard InChI is InChI=1S/C15H21FN2O/c1-2-6-11-7-3-4-10-18(11)15(19)12-8-5-9-13(16)14(12)17/h5,8-9,11H,2-4,6-7,10,17H2,1H3. The Bertz CT molecular complexity index is 459. The molecule has 104 valence electrons. The van der Waals surface area contributed by atoms with Gasteiger partial charge in [-0.3, -0.25) is 4.79 Å². The fourth-order valence-electron chi connectivity index (χ4n) is 2.78. The summed E-state index contributed by atoms with van der Waals surface area (Å²) in [4.78, 5) is 14.4. The number of carbonyl (C=O) groups excluding carboxylic acids is 1. The molecule has 0 aliphatic carbocycles. The number of rotatable bonds is 3. The predicted molar refractivity (Wildman–Crippen MR) is 74.4 cm³/mol. The van der Waals surface area contributed by atoms with Crippen LogP contribution in [0.5, 0.6) is 0 Å². The molecule has 1 aromatic rings. The minimum Gasteiger partial charge on any atom is -0.396 e. The van der Waals surface area contributed by atoms with Crippen molar-refractivity contribution in [2.45, 2.75) is 45.1 Å². The second kappa shape index (κ2) is 6.04. The molecule has 1 aliphatic rings. The van der Waals surface area contributed by atoms with E-state index in [0.29, 0.717) is 5.56 Å². The first-order valence-corrected chi connectivity index (χ1v) is 7.00. The molecule has 2 N–H and O–H groups in total. The molecule has 2 rings (SSSR count). The Hall–Kier alpha value is -1.58. The van der Waals surface area contributed by atoms with E-state index in [1.54, 1.807) is 6.07 Å². The van der Waals surface area contributed by atoms with Gasteiger partial charge in [-0.2, -0.15) is 0 Å². The molecule has 1 amide bonds. The number of carbonyl (C=O) groups is 1. The first-order valence-electron chi connectivity index (χ1n) is 7.00. The van der Waals surface area contributed by atoms with E-state index in [1.807, 2.05) is 4.90 Å². The largest absolute Gasteiger partial charge is 0.396 e. The van der Waals surface area contributed by atoms with Gasteiger partial charge in [-0.1, -0.05) is 19.4 Å². The third-order valence-electron chi connectivity index (χ3n) is 3.79. The van der Waals surface area contributed by atoms with Gasteiger partial charge in [0.2, 0.25) is 0 Å². The number of para-hydroxylation sites is 1. The van der Waals surface area contributed by atoms with Gasteiger partial charge in [0, 0.05) is 12.6 Å². The number of halogens is 1. The number of anilines is 1. The van der Waals surface area contributed by atoms with Gasteiger partial charge in [0.1, 0.15) is 5.82 Å². The van der Waals surface area contributed by atoms with Crippen LogP contribution in [0.1, 0.15) is 49.4 Å². The molecular weight excluding hydrogens is 243 g/mol. The minimum absolute atomic E-state index is 0.0340. The lowest BCUT2D eigenvalue weighted by Crippen LogP contribution is -2.43. The van der Waals surface area contributed by atoms with E-state index in [0.717, 1.165) is 38.6 Å². The lowest BCUT2D eigenvalue weighted by atomic mass is 9.97. The molecule has 0 spiro atoms. The number of hydrogen-bond donors (Lipinski definition) is 1. The average Bonchev–Trinajstić information content (AvgIpc) is 2.42. The molecule has 1 aliphatic heterocycles. The maximum atomic E-state index is 13.5. The molecule has 0 aromatic heterocycles. The number of likely N-dealkylation sites (tertiary alicyclic amines) is 1. The number of nitrogens with zero attached hydrogens (tertiary/aromatic N) is 1. The van der Waals surface area contributed by atoms with Crippen LogP contribution in [0, 0.1) is 5.82 Å². The Kier molecular flexibility index (Phi) is 4.40. The zero-order chi connectivity index (χ0) is 13.8. The Morgan fingerprint density at radius 1 is 1.47 bits per heavy atom. The number of piperidine rings is 1. The van der Waals surface area contributed by atoms with Gasteiger partial charge in [-0.05, 0) is 37.8 Å². The zero-order valence-corrected chi connectivity index (χ0v) is 11.4. The second-order valence-electron chi connectivity index (χ2n) is 5.14. The van der Waals surface area contributed by atoms with Crippen molar-refractivity contribution in [2.24, 2.45) is 0 Å². The van der Waals surface area contributed by atoms with Crippen molar-refractivity contribution in [1.82, 2.24) is 4.90 Å². The van der Waals surface area contributed by atoms with Gasteiger partial charge < -0.3 is 10.6 Å². The molecule has 1 heterocycles. The maximum absolute atomic E-state index is 13.5. The number of benzene rings is 1. The molecule has 4 heteroatoms. The van der Waals surface area contributed by atoms with Crippen LogP contribution >= 0.6 is 0 Å². The number of nitrogen functional groups attached to an aromatic ring is 1. The Balaban J connectivity index is 2.23. The van der Waals surface area contributed by atoms with E-state index < -0.39 is 5.82 Å². The van der Waals surface area contributed by atoms with E-state index in [-0.39, 0.29) is 17.6 Å². The van der Waals surface area contributed by atoms with Crippen molar-refractivity contribution < 1.29 is 9.18 Å². The van der Waals surface area contributed by atoms with Crippen molar-refractivity contribution in [1.29, 1.82) is 0 Å². The number of hydrogen-bond acceptors (Lipinski definition) is 2. The lowest BCUT2D eigenvalue weighted by molar-refractivity contribution is 0.0601. The minimum atomic E-state index is -0.519.